The van der Waals surface area contributed by atoms with E-state index in [0.29, 0.717) is 24.7 Å². The zero-order valence-electron chi connectivity index (χ0n) is 12.0. The van der Waals surface area contributed by atoms with E-state index < -0.39 is 11.9 Å². The maximum Gasteiger partial charge on any atom is 0.376 e. The van der Waals surface area contributed by atoms with E-state index in [1.54, 1.807) is 25.1 Å². The van der Waals surface area contributed by atoms with E-state index >= 15 is 0 Å². The van der Waals surface area contributed by atoms with Crippen LogP contribution in [0.4, 0.5) is 16.0 Å². The lowest BCUT2D eigenvalue weighted by Crippen LogP contribution is -2.16. The van der Waals surface area contributed by atoms with Crippen LogP contribution in [0.5, 0.6) is 0 Å². The van der Waals surface area contributed by atoms with Crippen molar-refractivity contribution in [2.24, 2.45) is 0 Å². The third-order valence-corrected chi connectivity index (χ3v) is 2.57. The molecule has 0 unspecified atom stereocenters. The Labute approximate surface area is 127 Å². The molecule has 2 heterocycles. The smallest absolute Gasteiger partial charge is 0.376 e. The molecular weight excluding hydrogens is 289 g/mol. The molecule has 22 heavy (non-hydrogen) atoms. The number of hydrogen-bond acceptors (Lipinski definition) is 7. The SMILES string of the molecule is CCOC(=O)c1nccc(NCCNc2cccc(F)n2)n1. The number of carbonyl (C=O) groups is 1. The van der Waals surface area contributed by atoms with Gasteiger partial charge in [-0.1, -0.05) is 6.07 Å². The molecule has 0 saturated carbocycles. The second kappa shape index (κ2) is 7.87. The summed E-state index contributed by atoms with van der Waals surface area (Å²) in [4.78, 5) is 23.1. The number of rotatable bonds is 7. The monoisotopic (exact) mass is 305 g/mol. The molecule has 0 amide bonds. The third kappa shape index (κ3) is 4.65. The summed E-state index contributed by atoms with van der Waals surface area (Å²) in [6, 6.07) is 6.17. The van der Waals surface area contributed by atoms with Crippen LogP contribution in [-0.4, -0.2) is 40.6 Å². The van der Waals surface area contributed by atoms with Gasteiger partial charge in [0, 0.05) is 19.3 Å². The molecule has 7 nitrogen and oxygen atoms in total. The van der Waals surface area contributed by atoms with Gasteiger partial charge >= 0.3 is 5.97 Å². The molecule has 2 rings (SSSR count). The van der Waals surface area contributed by atoms with E-state index in [9.17, 15) is 9.18 Å². The topological polar surface area (TPSA) is 89.0 Å². The van der Waals surface area contributed by atoms with Crippen molar-refractivity contribution in [2.45, 2.75) is 6.92 Å². The molecule has 0 spiro atoms. The van der Waals surface area contributed by atoms with Gasteiger partial charge in [0.05, 0.1) is 6.61 Å². The van der Waals surface area contributed by atoms with Crippen molar-refractivity contribution in [1.29, 1.82) is 0 Å². The number of pyridine rings is 1. The number of hydrogen-bond donors (Lipinski definition) is 2. The van der Waals surface area contributed by atoms with Crippen LogP contribution in [0, 0.1) is 5.95 Å². The van der Waals surface area contributed by atoms with Gasteiger partial charge in [-0.3, -0.25) is 0 Å². The van der Waals surface area contributed by atoms with Crippen LogP contribution < -0.4 is 10.6 Å². The number of halogens is 1. The highest BCUT2D eigenvalue weighted by Crippen LogP contribution is 2.04. The van der Waals surface area contributed by atoms with E-state index in [1.165, 1.54) is 12.3 Å². The highest BCUT2D eigenvalue weighted by molar-refractivity contribution is 5.85. The van der Waals surface area contributed by atoms with Crippen LogP contribution in [0.15, 0.2) is 30.5 Å². The van der Waals surface area contributed by atoms with E-state index in [-0.39, 0.29) is 12.4 Å². The Balaban J connectivity index is 1.82. The number of anilines is 2. The average Bonchev–Trinajstić information content (AvgIpc) is 2.52. The number of nitrogens with one attached hydrogen (secondary N) is 2. The zero-order valence-corrected chi connectivity index (χ0v) is 12.0. The predicted molar refractivity (Wildman–Crippen MR) is 79.2 cm³/mol. The summed E-state index contributed by atoms with van der Waals surface area (Å²) in [7, 11) is 0. The molecule has 0 aromatic carbocycles. The van der Waals surface area contributed by atoms with Crippen LogP contribution >= 0.6 is 0 Å². The Morgan fingerprint density at radius 1 is 1.18 bits per heavy atom. The summed E-state index contributed by atoms with van der Waals surface area (Å²) in [6.07, 6.45) is 1.48. The molecular formula is C14H16FN5O2. The Bertz CT molecular complexity index is 638. The molecule has 0 aliphatic rings. The van der Waals surface area contributed by atoms with Crippen molar-refractivity contribution in [3.63, 3.8) is 0 Å². The Hall–Kier alpha value is -2.77. The highest BCUT2D eigenvalue weighted by Gasteiger charge is 2.10. The van der Waals surface area contributed by atoms with Gasteiger partial charge in [0.25, 0.3) is 0 Å². The van der Waals surface area contributed by atoms with Crippen molar-refractivity contribution >= 4 is 17.6 Å². The minimum absolute atomic E-state index is 0.00612. The minimum atomic E-state index is -0.562. The van der Waals surface area contributed by atoms with E-state index in [2.05, 4.69) is 25.6 Å². The van der Waals surface area contributed by atoms with Gasteiger partial charge in [-0.2, -0.15) is 4.39 Å². The maximum atomic E-state index is 12.9. The average molecular weight is 305 g/mol. The van der Waals surface area contributed by atoms with Gasteiger partial charge in [-0.15, -0.1) is 0 Å². The first kappa shape index (κ1) is 15.6. The van der Waals surface area contributed by atoms with Gasteiger partial charge in [0.15, 0.2) is 0 Å². The van der Waals surface area contributed by atoms with Gasteiger partial charge in [-0.05, 0) is 25.1 Å². The second-order valence-corrected chi connectivity index (χ2v) is 4.19. The lowest BCUT2D eigenvalue weighted by molar-refractivity contribution is 0.0512. The van der Waals surface area contributed by atoms with E-state index in [1.807, 2.05) is 0 Å². The third-order valence-electron chi connectivity index (χ3n) is 2.57. The number of ether oxygens (including phenoxy) is 1. The Morgan fingerprint density at radius 2 is 1.91 bits per heavy atom. The summed E-state index contributed by atoms with van der Waals surface area (Å²) in [6.45, 7) is 3.00. The molecule has 2 aromatic rings. The first-order valence-electron chi connectivity index (χ1n) is 6.79. The maximum absolute atomic E-state index is 12.9. The number of carbonyl (C=O) groups excluding carboxylic acids is 1. The molecule has 2 N–H and O–H groups in total. The number of esters is 1. The van der Waals surface area contributed by atoms with Crippen LogP contribution in [0.3, 0.4) is 0 Å². The molecule has 0 aliphatic heterocycles. The van der Waals surface area contributed by atoms with Crippen molar-refractivity contribution in [3.8, 4) is 0 Å². The van der Waals surface area contributed by atoms with Crippen molar-refractivity contribution in [1.82, 2.24) is 15.0 Å². The van der Waals surface area contributed by atoms with E-state index in [0.717, 1.165) is 0 Å². The van der Waals surface area contributed by atoms with Crippen LogP contribution in [0.2, 0.25) is 0 Å². The first-order valence-corrected chi connectivity index (χ1v) is 6.79. The molecule has 0 bridgehead atoms. The van der Waals surface area contributed by atoms with Crippen LogP contribution in [-0.2, 0) is 4.74 Å². The van der Waals surface area contributed by atoms with Crippen molar-refractivity contribution in [2.75, 3.05) is 30.3 Å². The summed E-state index contributed by atoms with van der Waals surface area (Å²) in [5, 5.41) is 5.99. The molecule has 0 atom stereocenters. The number of aromatic nitrogens is 3. The van der Waals surface area contributed by atoms with Gasteiger partial charge < -0.3 is 15.4 Å². The molecule has 0 aliphatic carbocycles. The van der Waals surface area contributed by atoms with Gasteiger partial charge in [0.2, 0.25) is 11.8 Å². The fourth-order valence-corrected chi connectivity index (χ4v) is 1.64. The largest absolute Gasteiger partial charge is 0.460 e. The van der Waals surface area contributed by atoms with Crippen LogP contribution in [0.1, 0.15) is 17.5 Å². The number of nitrogens with zero attached hydrogens (tertiary/aromatic N) is 3. The molecule has 8 heteroatoms. The van der Waals surface area contributed by atoms with Gasteiger partial charge in [-0.25, -0.2) is 19.7 Å². The molecule has 0 fully saturated rings. The fourth-order valence-electron chi connectivity index (χ4n) is 1.64. The molecule has 2 aromatic heterocycles. The zero-order chi connectivity index (χ0) is 15.8. The lowest BCUT2D eigenvalue weighted by Gasteiger charge is -2.08. The summed E-state index contributed by atoms with van der Waals surface area (Å²) in [5.74, 6) is -0.128. The quantitative estimate of drug-likeness (QED) is 0.457. The molecule has 0 saturated heterocycles. The second-order valence-electron chi connectivity index (χ2n) is 4.19. The van der Waals surface area contributed by atoms with Crippen molar-refractivity contribution in [3.05, 3.63) is 42.2 Å². The Morgan fingerprint density at radius 3 is 2.59 bits per heavy atom. The Kier molecular flexibility index (Phi) is 5.58. The van der Waals surface area contributed by atoms with Crippen LogP contribution in [0.25, 0.3) is 0 Å². The van der Waals surface area contributed by atoms with E-state index in [4.69, 9.17) is 4.74 Å². The lowest BCUT2D eigenvalue weighted by atomic mass is 10.4. The predicted octanol–water partition coefficient (Wildman–Crippen LogP) is 1.71. The first-order chi connectivity index (χ1) is 10.7. The molecule has 116 valence electrons. The fraction of sp³-hybridized carbons (Fsp3) is 0.286. The summed E-state index contributed by atoms with van der Waals surface area (Å²) >= 11 is 0. The van der Waals surface area contributed by atoms with Crippen molar-refractivity contribution < 1.29 is 13.9 Å². The highest BCUT2D eigenvalue weighted by atomic mass is 19.1. The normalized spacial score (nSPS) is 10.1. The standard InChI is InChI=1S/C14H16FN5O2/c1-2-22-14(21)13-18-7-6-12(20-13)17-9-8-16-11-5-3-4-10(15)19-11/h3-7H,2,8-9H2,1H3,(H,16,19)(H,17,18,20). The van der Waals surface area contributed by atoms with Gasteiger partial charge in [0.1, 0.15) is 11.6 Å². The summed E-state index contributed by atoms with van der Waals surface area (Å²) < 4.78 is 17.7. The minimum Gasteiger partial charge on any atom is -0.460 e. The molecule has 0 radical (unpaired) electrons. The summed E-state index contributed by atoms with van der Waals surface area (Å²) in [5.41, 5.74) is 0.